The third kappa shape index (κ3) is 3.94. The van der Waals surface area contributed by atoms with Gasteiger partial charge in [0.25, 0.3) is 0 Å². The van der Waals surface area contributed by atoms with E-state index in [4.69, 9.17) is 4.74 Å². The highest BCUT2D eigenvalue weighted by molar-refractivity contribution is 9.10. The summed E-state index contributed by atoms with van der Waals surface area (Å²) < 4.78 is 5.91. The summed E-state index contributed by atoms with van der Waals surface area (Å²) in [5.41, 5.74) is 1.36. The van der Waals surface area contributed by atoms with Gasteiger partial charge in [0.2, 0.25) is 11.8 Å². The number of carboxylic acid groups (broad SMARTS) is 1. The molecule has 1 saturated heterocycles. The van der Waals surface area contributed by atoms with E-state index in [0.29, 0.717) is 15.6 Å². The van der Waals surface area contributed by atoms with Crippen LogP contribution >= 0.6 is 15.9 Å². The number of phenolic OH excluding ortho intramolecular Hbond substituents is 1. The van der Waals surface area contributed by atoms with Crippen molar-refractivity contribution in [2.24, 2.45) is 17.8 Å². The lowest BCUT2D eigenvalue weighted by atomic mass is 9.59. The van der Waals surface area contributed by atoms with Gasteiger partial charge in [-0.3, -0.25) is 19.2 Å². The number of methoxy groups -OCH3 is 1. The van der Waals surface area contributed by atoms with Crippen molar-refractivity contribution in [3.05, 3.63) is 80.4 Å². The smallest absolute Gasteiger partial charge is 0.339 e. The van der Waals surface area contributed by atoms with Crippen molar-refractivity contribution in [2.45, 2.75) is 25.7 Å². The Morgan fingerprint density at radius 3 is 2.45 bits per heavy atom. The van der Waals surface area contributed by atoms with Crippen LogP contribution in [0, 0.1) is 17.8 Å². The molecule has 2 amide bonds. The number of carbonyl (C=O) groups excluding carboxylic acids is 4. The minimum absolute atomic E-state index is 0.0350. The number of phenols is 2. The fourth-order valence-electron chi connectivity index (χ4n) is 6.80. The zero-order valence-corrected chi connectivity index (χ0v) is 24.0. The summed E-state index contributed by atoms with van der Waals surface area (Å²) >= 11 is 3.43. The molecule has 1 heterocycles. The van der Waals surface area contributed by atoms with E-state index >= 15 is 0 Å². The van der Waals surface area contributed by atoms with Gasteiger partial charge < -0.3 is 20.1 Å². The van der Waals surface area contributed by atoms with Crippen LogP contribution in [0.25, 0.3) is 0 Å². The van der Waals surface area contributed by atoms with Gasteiger partial charge >= 0.3 is 5.97 Å². The summed E-state index contributed by atoms with van der Waals surface area (Å²) in [6.07, 6.45) is 3.32. The second-order valence-electron chi connectivity index (χ2n) is 10.8. The van der Waals surface area contributed by atoms with Crippen LogP contribution in [0.4, 0.5) is 5.69 Å². The summed E-state index contributed by atoms with van der Waals surface area (Å²) in [6.45, 7) is 1.55. The number of ether oxygens (including phenoxy) is 1. The summed E-state index contributed by atoms with van der Waals surface area (Å²) in [5.74, 6) is -6.94. The number of imide groups is 1. The van der Waals surface area contributed by atoms with Crippen LogP contribution in [0.2, 0.25) is 0 Å². The number of ketones is 2. The van der Waals surface area contributed by atoms with Gasteiger partial charge in [-0.25, -0.2) is 9.69 Å². The Labute approximate surface area is 247 Å². The number of hydrogen-bond acceptors (Lipinski definition) is 8. The number of Topliss-reactive ketones (excluding diaryl/α,β-unsaturated/α-hetero) is 1. The molecule has 10 nitrogen and oxygen atoms in total. The molecule has 0 spiro atoms. The lowest BCUT2D eigenvalue weighted by Gasteiger charge is -2.42. The van der Waals surface area contributed by atoms with Crippen molar-refractivity contribution < 1.29 is 44.0 Å². The van der Waals surface area contributed by atoms with Gasteiger partial charge in [0, 0.05) is 38.7 Å². The highest BCUT2D eigenvalue weighted by atomic mass is 79.9. The monoisotopic (exact) mass is 633 g/mol. The van der Waals surface area contributed by atoms with E-state index in [1.165, 1.54) is 19.3 Å². The first-order valence-corrected chi connectivity index (χ1v) is 13.9. The van der Waals surface area contributed by atoms with Crippen LogP contribution in [0.5, 0.6) is 17.2 Å². The molecule has 0 radical (unpaired) electrons. The van der Waals surface area contributed by atoms with E-state index in [1.807, 2.05) is 6.08 Å². The van der Waals surface area contributed by atoms with Crippen molar-refractivity contribution in [3.8, 4) is 17.2 Å². The third-order valence-corrected chi connectivity index (χ3v) is 9.09. The number of rotatable bonds is 4. The van der Waals surface area contributed by atoms with E-state index < -0.39 is 47.2 Å². The second kappa shape index (κ2) is 9.80. The third-order valence-electron chi connectivity index (χ3n) is 8.63. The Balaban J connectivity index is 1.49. The van der Waals surface area contributed by atoms with Crippen molar-refractivity contribution in [1.82, 2.24) is 0 Å². The van der Waals surface area contributed by atoms with Crippen molar-refractivity contribution >= 4 is 51.0 Å². The quantitative estimate of drug-likeness (QED) is 0.255. The Morgan fingerprint density at radius 1 is 1.05 bits per heavy atom. The molecule has 2 aromatic carbocycles. The molecular weight excluding hydrogens is 610 g/mol. The molecule has 0 saturated carbocycles. The van der Waals surface area contributed by atoms with E-state index in [1.54, 1.807) is 19.1 Å². The van der Waals surface area contributed by atoms with Gasteiger partial charge in [-0.15, -0.1) is 0 Å². The number of halogens is 1. The van der Waals surface area contributed by atoms with Crippen molar-refractivity contribution in [3.63, 3.8) is 0 Å². The van der Waals surface area contributed by atoms with Gasteiger partial charge in [0.05, 0.1) is 24.6 Å². The maximum Gasteiger partial charge on any atom is 0.339 e. The molecule has 1 fully saturated rings. The molecule has 3 aliphatic carbocycles. The van der Waals surface area contributed by atoms with Crippen LogP contribution < -0.4 is 9.64 Å². The first-order valence-electron chi connectivity index (χ1n) is 13.1. The standard InChI is InChI=1S/C31H24BrNO9/c1-12-7-22(35)26-20(27(12)36)11-18-15(24(26)19-8-13(32)9-23(42-2)28(19)37)5-6-17-25(18)30(39)33(29(17)38)14-3-4-16(31(40)41)21(34)10-14/h3-5,7-10,17-18,24-25,34,37H,6,11H2,1-2H3,(H,40,41). The largest absolute Gasteiger partial charge is 0.507 e. The molecule has 6 rings (SSSR count). The molecule has 0 bridgehead atoms. The van der Waals surface area contributed by atoms with Crippen LogP contribution in [0.3, 0.4) is 0 Å². The molecule has 3 N–H and O–H groups in total. The number of hydrogen-bond donors (Lipinski definition) is 3. The highest BCUT2D eigenvalue weighted by Gasteiger charge is 2.57. The topological polar surface area (TPSA) is 159 Å². The molecule has 0 aromatic heterocycles. The first-order chi connectivity index (χ1) is 19.9. The number of amides is 2. The molecule has 1 aliphatic heterocycles. The number of allylic oxidation sites excluding steroid dienone is 6. The van der Waals surface area contributed by atoms with Crippen molar-refractivity contribution in [2.75, 3.05) is 12.0 Å². The first kappa shape index (κ1) is 27.6. The highest BCUT2D eigenvalue weighted by Crippen LogP contribution is 2.57. The normalized spacial score (nSPS) is 25.1. The predicted molar refractivity (Wildman–Crippen MR) is 151 cm³/mol. The Kier molecular flexibility index (Phi) is 6.45. The summed E-state index contributed by atoms with van der Waals surface area (Å²) in [4.78, 5) is 66.8. The molecule has 214 valence electrons. The lowest BCUT2D eigenvalue weighted by molar-refractivity contribution is -0.123. The average Bonchev–Trinajstić information content (AvgIpc) is 3.21. The Morgan fingerprint density at radius 2 is 1.79 bits per heavy atom. The van der Waals surface area contributed by atoms with Gasteiger partial charge in [0.15, 0.2) is 23.1 Å². The summed E-state index contributed by atoms with van der Waals surface area (Å²) in [5, 5.41) is 30.7. The molecule has 4 atom stereocenters. The van der Waals surface area contributed by atoms with E-state index in [2.05, 4.69) is 15.9 Å². The SMILES string of the molecule is COc1cc(Br)cc(C2C3=CCC4C(=O)N(c5ccc(C(=O)O)c(O)c5)C(=O)C4C3CC3=C2C(=O)C=C(C)C3=O)c1O. The van der Waals surface area contributed by atoms with Crippen LogP contribution in [-0.2, 0) is 19.2 Å². The Bertz CT molecular complexity index is 1750. The fourth-order valence-corrected chi connectivity index (χ4v) is 7.26. The zero-order chi connectivity index (χ0) is 30.2. The predicted octanol–water partition coefficient (Wildman–Crippen LogP) is 4.20. The average molecular weight is 634 g/mol. The van der Waals surface area contributed by atoms with E-state index in [9.17, 15) is 39.3 Å². The van der Waals surface area contributed by atoms with Gasteiger partial charge in [-0.1, -0.05) is 27.6 Å². The van der Waals surface area contributed by atoms with Gasteiger partial charge in [-0.05, 0) is 56.0 Å². The maximum absolute atomic E-state index is 14.0. The fraction of sp³-hybridized carbons (Fsp3) is 0.258. The zero-order valence-electron chi connectivity index (χ0n) is 22.4. The van der Waals surface area contributed by atoms with Crippen LogP contribution in [0.15, 0.2) is 69.2 Å². The second-order valence-corrected chi connectivity index (χ2v) is 11.7. The molecule has 2 aromatic rings. The number of fused-ring (bicyclic) bond motifs is 3. The van der Waals surface area contributed by atoms with Crippen LogP contribution in [-0.4, -0.2) is 51.8 Å². The number of nitrogens with zero attached hydrogens (tertiary/aromatic N) is 1. The van der Waals surface area contributed by atoms with Crippen LogP contribution in [0.1, 0.15) is 41.6 Å². The number of carboxylic acids is 1. The Hall–Kier alpha value is -4.51. The molecular formula is C31H24BrNO9. The van der Waals surface area contributed by atoms with E-state index in [0.717, 1.165) is 17.0 Å². The number of anilines is 1. The maximum atomic E-state index is 14.0. The van der Waals surface area contributed by atoms with Gasteiger partial charge in [0.1, 0.15) is 11.3 Å². The summed E-state index contributed by atoms with van der Waals surface area (Å²) in [6, 6.07) is 6.69. The van der Waals surface area contributed by atoms with Gasteiger partial charge in [-0.2, -0.15) is 0 Å². The number of aromatic hydroxyl groups is 2. The van der Waals surface area contributed by atoms with Crippen molar-refractivity contribution in [1.29, 1.82) is 0 Å². The summed E-state index contributed by atoms with van der Waals surface area (Å²) in [7, 11) is 1.39. The minimum Gasteiger partial charge on any atom is -0.507 e. The number of carbonyl (C=O) groups is 5. The molecule has 42 heavy (non-hydrogen) atoms. The number of aromatic carboxylic acids is 1. The minimum atomic E-state index is -1.36. The number of benzene rings is 2. The molecule has 11 heteroatoms. The molecule has 4 aliphatic rings. The van der Waals surface area contributed by atoms with E-state index in [-0.39, 0.29) is 63.9 Å². The molecule has 4 unspecified atom stereocenters. The lowest BCUT2D eigenvalue weighted by Crippen LogP contribution is -2.39.